The highest BCUT2D eigenvalue weighted by Crippen LogP contribution is 2.26. The SMILES string of the molecule is Cc1cc(N)nc(-c2cc(F)ccc2Br)n1. The Labute approximate surface area is 101 Å². The number of hydrogen-bond acceptors (Lipinski definition) is 3. The van der Waals surface area contributed by atoms with Crippen molar-refractivity contribution in [2.75, 3.05) is 5.73 Å². The molecule has 1 aromatic carbocycles. The zero-order chi connectivity index (χ0) is 11.7. The Morgan fingerprint density at radius 1 is 1.25 bits per heavy atom. The number of nitrogens with two attached hydrogens (primary N) is 1. The third-order valence-corrected chi connectivity index (χ3v) is 2.73. The third kappa shape index (κ3) is 2.19. The molecule has 82 valence electrons. The molecular weight excluding hydrogens is 273 g/mol. The summed E-state index contributed by atoms with van der Waals surface area (Å²) in [7, 11) is 0. The number of aromatic nitrogens is 2. The van der Waals surface area contributed by atoms with E-state index in [1.54, 1.807) is 12.1 Å². The summed E-state index contributed by atoms with van der Waals surface area (Å²) < 4.78 is 13.9. The first-order valence-corrected chi connectivity index (χ1v) is 5.42. The fraction of sp³-hybridized carbons (Fsp3) is 0.0909. The van der Waals surface area contributed by atoms with E-state index >= 15 is 0 Å². The van der Waals surface area contributed by atoms with Gasteiger partial charge in [0.2, 0.25) is 0 Å². The lowest BCUT2D eigenvalue weighted by Crippen LogP contribution is -1.98. The van der Waals surface area contributed by atoms with Crippen LogP contribution in [0.5, 0.6) is 0 Å². The molecule has 0 aliphatic carbocycles. The molecule has 5 heteroatoms. The summed E-state index contributed by atoms with van der Waals surface area (Å²) in [5.74, 6) is 0.462. The maximum atomic E-state index is 13.1. The van der Waals surface area contributed by atoms with Crippen molar-refractivity contribution < 1.29 is 4.39 Å². The Kier molecular flexibility index (Phi) is 2.87. The van der Waals surface area contributed by atoms with Crippen LogP contribution in [0.4, 0.5) is 10.2 Å². The first kappa shape index (κ1) is 11.0. The molecule has 0 radical (unpaired) electrons. The van der Waals surface area contributed by atoms with Crippen LogP contribution in [0.3, 0.4) is 0 Å². The molecule has 1 aromatic heterocycles. The topological polar surface area (TPSA) is 51.8 Å². The van der Waals surface area contributed by atoms with Crippen molar-refractivity contribution in [2.24, 2.45) is 0 Å². The minimum Gasteiger partial charge on any atom is -0.384 e. The van der Waals surface area contributed by atoms with Crippen molar-refractivity contribution in [1.29, 1.82) is 0 Å². The van der Waals surface area contributed by atoms with Crippen LogP contribution in [-0.2, 0) is 0 Å². The van der Waals surface area contributed by atoms with E-state index in [9.17, 15) is 4.39 Å². The molecule has 0 atom stereocenters. The maximum Gasteiger partial charge on any atom is 0.162 e. The van der Waals surface area contributed by atoms with Crippen LogP contribution in [0, 0.1) is 12.7 Å². The van der Waals surface area contributed by atoms with Crippen molar-refractivity contribution in [1.82, 2.24) is 9.97 Å². The van der Waals surface area contributed by atoms with Crippen LogP contribution in [0.15, 0.2) is 28.7 Å². The Bertz CT molecular complexity index is 522. The van der Waals surface area contributed by atoms with Crippen molar-refractivity contribution in [3.8, 4) is 11.4 Å². The normalized spacial score (nSPS) is 10.4. The Balaban J connectivity index is 2.62. The molecule has 0 saturated heterocycles. The van der Waals surface area contributed by atoms with E-state index in [0.717, 1.165) is 10.2 Å². The van der Waals surface area contributed by atoms with Gasteiger partial charge in [-0.3, -0.25) is 0 Å². The van der Waals surface area contributed by atoms with Gasteiger partial charge in [-0.15, -0.1) is 0 Å². The zero-order valence-corrected chi connectivity index (χ0v) is 10.1. The van der Waals surface area contributed by atoms with E-state index in [-0.39, 0.29) is 5.82 Å². The highest BCUT2D eigenvalue weighted by molar-refractivity contribution is 9.10. The van der Waals surface area contributed by atoms with Crippen LogP contribution in [-0.4, -0.2) is 9.97 Å². The summed E-state index contributed by atoms with van der Waals surface area (Å²) in [5, 5.41) is 0. The van der Waals surface area contributed by atoms with E-state index in [1.807, 2.05) is 6.92 Å². The summed E-state index contributed by atoms with van der Waals surface area (Å²) in [6.07, 6.45) is 0. The fourth-order valence-electron chi connectivity index (χ4n) is 1.38. The quantitative estimate of drug-likeness (QED) is 0.874. The summed E-state index contributed by atoms with van der Waals surface area (Å²) in [5.41, 5.74) is 6.97. The van der Waals surface area contributed by atoms with Gasteiger partial charge in [-0.1, -0.05) is 15.9 Å². The first-order chi connectivity index (χ1) is 7.56. The minimum absolute atomic E-state index is 0.332. The molecule has 0 saturated carbocycles. The minimum atomic E-state index is -0.332. The predicted molar refractivity (Wildman–Crippen MR) is 64.3 cm³/mol. The summed E-state index contributed by atoms with van der Waals surface area (Å²) in [6.45, 7) is 1.81. The number of anilines is 1. The van der Waals surface area contributed by atoms with Crippen molar-refractivity contribution in [3.05, 3.63) is 40.2 Å². The smallest absolute Gasteiger partial charge is 0.162 e. The van der Waals surface area contributed by atoms with Crippen molar-refractivity contribution in [2.45, 2.75) is 6.92 Å². The van der Waals surface area contributed by atoms with Crippen LogP contribution in [0.25, 0.3) is 11.4 Å². The van der Waals surface area contributed by atoms with Gasteiger partial charge in [0.1, 0.15) is 11.6 Å². The van der Waals surface area contributed by atoms with Gasteiger partial charge in [0.15, 0.2) is 5.82 Å². The van der Waals surface area contributed by atoms with E-state index in [4.69, 9.17) is 5.73 Å². The number of nitrogens with zero attached hydrogens (tertiary/aromatic N) is 2. The van der Waals surface area contributed by atoms with Crippen LogP contribution < -0.4 is 5.73 Å². The largest absolute Gasteiger partial charge is 0.384 e. The van der Waals surface area contributed by atoms with Gasteiger partial charge in [0.25, 0.3) is 0 Å². The lowest BCUT2D eigenvalue weighted by atomic mass is 10.2. The second-order valence-electron chi connectivity index (χ2n) is 3.38. The number of benzene rings is 1. The highest BCUT2D eigenvalue weighted by Gasteiger charge is 2.08. The van der Waals surface area contributed by atoms with E-state index in [0.29, 0.717) is 17.2 Å². The summed E-state index contributed by atoms with van der Waals surface area (Å²) in [4.78, 5) is 8.29. The molecule has 0 aliphatic heterocycles. The second kappa shape index (κ2) is 4.17. The van der Waals surface area contributed by atoms with Gasteiger partial charge < -0.3 is 5.73 Å². The molecule has 1 heterocycles. The maximum absolute atomic E-state index is 13.1. The molecule has 3 nitrogen and oxygen atoms in total. The molecule has 0 unspecified atom stereocenters. The lowest BCUT2D eigenvalue weighted by molar-refractivity contribution is 0.628. The molecule has 0 aliphatic rings. The molecule has 0 fully saturated rings. The fourth-order valence-corrected chi connectivity index (χ4v) is 1.81. The Hall–Kier alpha value is -1.49. The summed E-state index contributed by atoms with van der Waals surface area (Å²) >= 11 is 3.33. The van der Waals surface area contributed by atoms with Crippen LogP contribution >= 0.6 is 15.9 Å². The molecule has 0 spiro atoms. The van der Waals surface area contributed by atoms with E-state index in [2.05, 4.69) is 25.9 Å². The highest BCUT2D eigenvalue weighted by atomic mass is 79.9. The van der Waals surface area contributed by atoms with Crippen molar-refractivity contribution >= 4 is 21.7 Å². The van der Waals surface area contributed by atoms with Gasteiger partial charge >= 0.3 is 0 Å². The third-order valence-electron chi connectivity index (χ3n) is 2.04. The molecule has 2 N–H and O–H groups in total. The average Bonchev–Trinajstić information content (AvgIpc) is 2.20. The lowest BCUT2D eigenvalue weighted by Gasteiger charge is -2.05. The number of rotatable bonds is 1. The van der Waals surface area contributed by atoms with E-state index < -0.39 is 0 Å². The number of aryl methyl sites for hydroxylation is 1. The molecule has 16 heavy (non-hydrogen) atoms. The Morgan fingerprint density at radius 2 is 2.00 bits per heavy atom. The first-order valence-electron chi connectivity index (χ1n) is 4.63. The van der Waals surface area contributed by atoms with Crippen LogP contribution in [0.2, 0.25) is 0 Å². The predicted octanol–water partition coefficient (Wildman–Crippen LogP) is 2.94. The molecule has 2 rings (SSSR count). The van der Waals surface area contributed by atoms with Gasteiger partial charge in [-0.2, -0.15) is 0 Å². The van der Waals surface area contributed by atoms with Gasteiger partial charge in [0.05, 0.1) is 0 Å². The molecule has 0 amide bonds. The van der Waals surface area contributed by atoms with Crippen molar-refractivity contribution in [3.63, 3.8) is 0 Å². The summed E-state index contributed by atoms with van der Waals surface area (Å²) in [6, 6.07) is 6.02. The van der Waals surface area contributed by atoms with Gasteiger partial charge in [0, 0.05) is 21.8 Å². The number of nitrogen functional groups attached to an aromatic ring is 1. The number of hydrogen-bond donors (Lipinski definition) is 1. The molecule has 2 aromatic rings. The van der Waals surface area contributed by atoms with Gasteiger partial charge in [-0.25, -0.2) is 14.4 Å². The van der Waals surface area contributed by atoms with Crippen LogP contribution in [0.1, 0.15) is 5.69 Å². The molecular formula is C11H9BrFN3. The number of halogens is 2. The Morgan fingerprint density at radius 3 is 2.69 bits per heavy atom. The van der Waals surface area contributed by atoms with Gasteiger partial charge in [-0.05, 0) is 25.1 Å². The zero-order valence-electron chi connectivity index (χ0n) is 8.54. The molecule has 0 bridgehead atoms. The second-order valence-corrected chi connectivity index (χ2v) is 4.24. The standard InChI is InChI=1S/C11H9BrFN3/c1-6-4-10(14)16-11(15-6)8-5-7(13)2-3-9(8)12/h2-5H,1H3,(H2,14,15,16). The van der Waals surface area contributed by atoms with E-state index in [1.165, 1.54) is 12.1 Å². The monoisotopic (exact) mass is 281 g/mol. The average molecular weight is 282 g/mol.